The quantitative estimate of drug-likeness (QED) is 0.817. The summed E-state index contributed by atoms with van der Waals surface area (Å²) in [4.78, 5) is 18.6. The highest BCUT2D eigenvalue weighted by Gasteiger charge is 2.24. The summed E-state index contributed by atoms with van der Waals surface area (Å²) in [5.41, 5.74) is 3.41. The van der Waals surface area contributed by atoms with Gasteiger partial charge in [0.1, 0.15) is 0 Å². The maximum Gasteiger partial charge on any atom is 0.314 e. The number of nitrogens with zero attached hydrogens (tertiary/aromatic N) is 2. The molecule has 2 amide bonds. The van der Waals surface area contributed by atoms with Crippen molar-refractivity contribution in [2.75, 3.05) is 31.1 Å². The van der Waals surface area contributed by atoms with E-state index in [0.29, 0.717) is 19.0 Å². The Kier molecular flexibility index (Phi) is 6.34. The molecule has 2 heterocycles. The van der Waals surface area contributed by atoms with Gasteiger partial charge in [-0.2, -0.15) is 0 Å². The maximum absolute atomic E-state index is 12.0. The van der Waals surface area contributed by atoms with Crippen molar-refractivity contribution in [1.29, 1.82) is 0 Å². The molecule has 0 spiro atoms. The standard InChI is InChI=1S/C20H25ClN4O/c1-15-5-6-17(21)12-19(15)25-11-8-16(14-25)13-24-20(26)23-10-7-18-4-2-3-9-22-18/h2-6,9,12,16H,7-8,10-11,13-14H2,1H3,(H2,23,24,26)/t16-/m1/s1. The van der Waals surface area contributed by atoms with E-state index in [4.69, 9.17) is 11.6 Å². The minimum atomic E-state index is -0.113. The third-order valence-corrected chi connectivity index (χ3v) is 4.98. The lowest BCUT2D eigenvalue weighted by molar-refractivity contribution is 0.239. The molecule has 138 valence electrons. The molecule has 6 heteroatoms. The molecule has 1 aromatic heterocycles. The van der Waals surface area contributed by atoms with E-state index in [9.17, 15) is 4.79 Å². The monoisotopic (exact) mass is 372 g/mol. The van der Waals surface area contributed by atoms with Gasteiger partial charge in [-0.05, 0) is 49.1 Å². The number of aryl methyl sites for hydroxylation is 1. The molecule has 5 nitrogen and oxygen atoms in total. The van der Waals surface area contributed by atoms with Crippen LogP contribution in [0, 0.1) is 12.8 Å². The van der Waals surface area contributed by atoms with Crippen LogP contribution in [0.5, 0.6) is 0 Å². The molecule has 1 aliphatic heterocycles. The fourth-order valence-corrected chi connectivity index (χ4v) is 3.46. The van der Waals surface area contributed by atoms with Crippen LogP contribution in [-0.4, -0.2) is 37.2 Å². The number of halogens is 1. The number of carbonyl (C=O) groups is 1. The molecule has 1 atom stereocenters. The lowest BCUT2D eigenvalue weighted by atomic mass is 10.1. The third-order valence-electron chi connectivity index (χ3n) is 4.74. The Hall–Kier alpha value is -2.27. The van der Waals surface area contributed by atoms with E-state index in [2.05, 4.69) is 33.5 Å². The van der Waals surface area contributed by atoms with Crippen LogP contribution in [0.3, 0.4) is 0 Å². The maximum atomic E-state index is 12.0. The van der Waals surface area contributed by atoms with Crippen molar-refractivity contribution < 1.29 is 4.79 Å². The van der Waals surface area contributed by atoms with E-state index in [1.165, 1.54) is 11.3 Å². The molecule has 3 rings (SSSR count). The summed E-state index contributed by atoms with van der Waals surface area (Å²) >= 11 is 6.13. The second-order valence-corrected chi connectivity index (χ2v) is 7.18. The number of amides is 2. The predicted molar refractivity (Wildman–Crippen MR) is 106 cm³/mol. The van der Waals surface area contributed by atoms with E-state index in [-0.39, 0.29) is 6.03 Å². The number of hydrogen-bond acceptors (Lipinski definition) is 3. The average molecular weight is 373 g/mol. The average Bonchev–Trinajstić information content (AvgIpc) is 3.12. The lowest BCUT2D eigenvalue weighted by Crippen LogP contribution is -2.39. The van der Waals surface area contributed by atoms with E-state index < -0.39 is 0 Å². The summed E-state index contributed by atoms with van der Waals surface area (Å²) in [6, 6.07) is 11.7. The Morgan fingerprint density at radius 3 is 3.00 bits per heavy atom. The van der Waals surface area contributed by atoms with Crippen molar-refractivity contribution in [3.05, 3.63) is 58.9 Å². The largest absolute Gasteiger partial charge is 0.371 e. The number of nitrogens with one attached hydrogen (secondary N) is 2. The van der Waals surface area contributed by atoms with Gasteiger partial charge in [0.2, 0.25) is 0 Å². The molecule has 1 fully saturated rings. The first-order valence-electron chi connectivity index (χ1n) is 9.04. The van der Waals surface area contributed by atoms with Crippen LogP contribution in [0.2, 0.25) is 5.02 Å². The topological polar surface area (TPSA) is 57.3 Å². The molecule has 0 bridgehead atoms. The number of hydrogen-bond donors (Lipinski definition) is 2. The molecular weight excluding hydrogens is 348 g/mol. The SMILES string of the molecule is Cc1ccc(Cl)cc1N1CC[C@H](CNC(=O)NCCc2ccccn2)C1. The molecule has 0 saturated carbocycles. The number of anilines is 1. The smallest absolute Gasteiger partial charge is 0.314 e. The van der Waals surface area contributed by atoms with Gasteiger partial charge >= 0.3 is 6.03 Å². The van der Waals surface area contributed by atoms with Crippen molar-refractivity contribution in [2.24, 2.45) is 5.92 Å². The molecule has 0 radical (unpaired) electrons. The van der Waals surface area contributed by atoms with E-state index in [0.717, 1.165) is 36.6 Å². The molecule has 26 heavy (non-hydrogen) atoms. The zero-order valence-electron chi connectivity index (χ0n) is 15.0. The Bertz CT molecular complexity index is 738. The van der Waals surface area contributed by atoms with Gasteiger partial charge in [-0.15, -0.1) is 0 Å². The summed E-state index contributed by atoms with van der Waals surface area (Å²) < 4.78 is 0. The highest BCUT2D eigenvalue weighted by Crippen LogP contribution is 2.29. The second-order valence-electron chi connectivity index (χ2n) is 6.74. The van der Waals surface area contributed by atoms with Gasteiger partial charge in [0, 0.05) is 55.2 Å². The van der Waals surface area contributed by atoms with Gasteiger partial charge in [-0.25, -0.2) is 4.79 Å². The van der Waals surface area contributed by atoms with Crippen molar-refractivity contribution in [3.63, 3.8) is 0 Å². The van der Waals surface area contributed by atoms with Gasteiger partial charge < -0.3 is 15.5 Å². The summed E-state index contributed by atoms with van der Waals surface area (Å²) in [5.74, 6) is 0.454. The summed E-state index contributed by atoms with van der Waals surface area (Å²) in [7, 11) is 0. The fraction of sp³-hybridized carbons (Fsp3) is 0.400. The second kappa shape index (κ2) is 8.90. The van der Waals surface area contributed by atoms with Crippen LogP contribution in [0.15, 0.2) is 42.6 Å². The number of aromatic nitrogens is 1. The van der Waals surface area contributed by atoms with E-state index in [1.54, 1.807) is 6.20 Å². The molecule has 2 N–H and O–H groups in total. The van der Waals surface area contributed by atoms with E-state index >= 15 is 0 Å². The molecular formula is C20H25ClN4O. The number of benzene rings is 1. The molecule has 1 saturated heterocycles. The van der Waals surface area contributed by atoms with Gasteiger partial charge in [-0.1, -0.05) is 23.7 Å². The Morgan fingerprint density at radius 2 is 2.19 bits per heavy atom. The van der Waals surface area contributed by atoms with E-state index in [1.807, 2.05) is 30.3 Å². The van der Waals surface area contributed by atoms with Gasteiger partial charge in [0.05, 0.1) is 0 Å². The highest BCUT2D eigenvalue weighted by atomic mass is 35.5. The molecule has 0 aliphatic carbocycles. The van der Waals surface area contributed by atoms with Crippen molar-refractivity contribution >= 4 is 23.3 Å². The van der Waals surface area contributed by atoms with Crippen LogP contribution in [0.4, 0.5) is 10.5 Å². The van der Waals surface area contributed by atoms with Crippen molar-refractivity contribution in [2.45, 2.75) is 19.8 Å². The van der Waals surface area contributed by atoms with Crippen LogP contribution < -0.4 is 15.5 Å². The Labute approximate surface area is 159 Å². The Morgan fingerprint density at radius 1 is 1.31 bits per heavy atom. The lowest BCUT2D eigenvalue weighted by Gasteiger charge is -2.21. The summed E-state index contributed by atoms with van der Waals surface area (Å²) in [6.07, 6.45) is 3.57. The van der Waals surface area contributed by atoms with Crippen LogP contribution in [0.25, 0.3) is 0 Å². The molecule has 0 unspecified atom stereocenters. The minimum Gasteiger partial charge on any atom is -0.371 e. The minimum absolute atomic E-state index is 0.113. The molecule has 2 aromatic rings. The Balaban J connectivity index is 1.39. The van der Waals surface area contributed by atoms with Crippen LogP contribution in [-0.2, 0) is 6.42 Å². The van der Waals surface area contributed by atoms with Crippen LogP contribution in [0.1, 0.15) is 17.7 Å². The summed E-state index contributed by atoms with van der Waals surface area (Å²) in [6.45, 7) is 5.31. The van der Waals surface area contributed by atoms with Crippen molar-refractivity contribution in [1.82, 2.24) is 15.6 Å². The molecule has 1 aromatic carbocycles. The zero-order chi connectivity index (χ0) is 18.4. The molecule has 1 aliphatic rings. The predicted octanol–water partition coefficient (Wildman–Crippen LogP) is 3.41. The fourth-order valence-electron chi connectivity index (χ4n) is 3.29. The van der Waals surface area contributed by atoms with Gasteiger partial charge in [0.25, 0.3) is 0 Å². The number of rotatable bonds is 6. The van der Waals surface area contributed by atoms with Crippen LogP contribution >= 0.6 is 11.6 Å². The summed E-state index contributed by atoms with van der Waals surface area (Å²) in [5, 5.41) is 6.64. The highest BCUT2D eigenvalue weighted by molar-refractivity contribution is 6.30. The first-order chi connectivity index (χ1) is 12.6. The van der Waals surface area contributed by atoms with Crippen molar-refractivity contribution in [3.8, 4) is 0 Å². The van der Waals surface area contributed by atoms with Gasteiger partial charge in [-0.3, -0.25) is 4.98 Å². The number of pyridine rings is 1. The number of urea groups is 1. The third kappa shape index (κ3) is 5.11. The first-order valence-corrected chi connectivity index (χ1v) is 9.42. The number of carbonyl (C=O) groups excluding carboxylic acids is 1. The van der Waals surface area contributed by atoms with Gasteiger partial charge in [0.15, 0.2) is 0 Å². The normalized spacial score (nSPS) is 16.5. The zero-order valence-corrected chi connectivity index (χ0v) is 15.8. The first kappa shape index (κ1) is 18.5.